The Hall–Kier alpha value is -2.39. The molecule has 0 saturated carbocycles. The number of ether oxygens (including phenoxy) is 1. The Bertz CT molecular complexity index is 730. The summed E-state index contributed by atoms with van der Waals surface area (Å²) in [5.41, 5.74) is 4.53. The molecule has 1 atom stereocenters. The van der Waals surface area contributed by atoms with Gasteiger partial charge in [0.25, 0.3) is 0 Å². The third-order valence-electron chi connectivity index (χ3n) is 3.73. The monoisotopic (exact) mass is 276 g/mol. The molecule has 4 rings (SSSR count). The summed E-state index contributed by atoms with van der Waals surface area (Å²) in [5.74, 6) is 0. The first-order chi connectivity index (χ1) is 10.4. The van der Waals surface area contributed by atoms with Crippen molar-refractivity contribution in [3.63, 3.8) is 0 Å². The third kappa shape index (κ3) is 2.48. The topological polar surface area (TPSA) is 30.4 Å². The molecule has 3 heteroatoms. The fourth-order valence-electron chi connectivity index (χ4n) is 2.62. The highest BCUT2D eigenvalue weighted by Crippen LogP contribution is 2.32. The number of imidazole rings is 1. The summed E-state index contributed by atoms with van der Waals surface area (Å²) in [6.07, 6.45) is 2.26. The van der Waals surface area contributed by atoms with Crippen molar-refractivity contribution in [2.45, 2.75) is 12.6 Å². The zero-order chi connectivity index (χ0) is 14.1. The van der Waals surface area contributed by atoms with Crippen molar-refractivity contribution in [3.8, 4) is 22.5 Å². The van der Waals surface area contributed by atoms with E-state index in [1.54, 1.807) is 0 Å². The van der Waals surface area contributed by atoms with E-state index in [0.29, 0.717) is 6.10 Å². The summed E-state index contributed by atoms with van der Waals surface area (Å²) < 4.78 is 7.57. The molecule has 0 amide bonds. The average molecular weight is 276 g/mol. The maximum absolute atomic E-state index is 5.37. The first-order valence-corrected chi connectivity index (χ1v) is 7.19. The molecule has 0 N–H and O–H groups in total. The van der Waals surface area contributed by atoms with E-state index in [2.05, 4.69) is 45.9 Å². The van der Waals surface area contributed by atoms with Crippen molar-refractivity contribution in [1.82, 2.24) is 9.55 Å². The zero-order valence-corrected chi connectivity index (χ0v) is 11.6. The molecular formula is C18H16N2O. The van der Waals surface area contributed by atoms with Gasteiger partial charge in [-0.15, -0.1) is 0 Å². The maximum Gasteiger partial charge on any atom is 0.0988 e. The van der Waals surface area contributed by atoms with Crippen molar-refractivity contribution in [2.75, 3.05) is 6.61 Å². The molecule has 1 aromatic heterocycles. The summed E-state index contributed by atoms with van der Waals surface area (Å²) in [6, 6.07) is 20.8. The molecule has 21 heavy (non-hydrogen) atoms. The second-order valence-corrected chi connectivity index (χ2v) is 5.28. The van der Waals surface area contributed by atoms with Gasteiger partial charge in [0, 0.05) is 11.1 Å². The number of benzene rings is 2. The normalized spacial score (nSPS) is 16.9. The molecule has 3 nitrogen and oxygen atoms in total. The molecule has 2 heterocycles. The minimum absolute atomic E-state index is 0.338. The van der Waals surface area contributed by atoms with Crippen LogP contribution in [0.5, 0.6) is 0 Å². The third-order valence-corrected chi connectivity index (χ3v) is 3.73. The molecule has 0 bridgehead atoms. The molecule has 2 aromatic carbocycles. The Morgan fingerprint density at radius 3 is 2.19 bits per heavy atom. The van der Waals surface area contributed by atoms with E-state index in [9.17, 15) is 0 Å². The molecular weight excluding hydrogens is 260 g/mol. The van der Waals surface area contributed by atoms with Crippen LogP contribution in [0.2, 0.25) is 0 Å². The number of hydrogen-bond donors (Lipinski definition) is 0. The van der Waals surface area contributed by atoms with Crippen LogP contribution in [0.15, 0.2) is 67.0 Å². The van der Waals surface area contributed by atoms with E-state index in [4.69, 9.17) is 4.74 Å². The molecule has 3 aromatic rings. The van der Waals surface area contributed by atoms with Crippen molar-refractivity contribution >= 4 is 0 Å². The minimum Gasteiger partial charge on any atom is -0.371 e. The number of nitrogens with zero attached hydrogens (tertiary/aromatic N) is 2. The van der Waals surface area contributed by atoms with E-state index in [1.807, 2.05) is 30.6 Å². The van der Waals surface area contributed by atoms with Crippen LogP contribution in [0.25, 0.3) is 22.5 Å². The summed E-state index contributed by atoms with van der Waals surface area (Å²) in [4.78, 5) is 4.65. The lowest BCUT2D eigenvalue weighted by molar-refractivity contribution is 0.383. The van der Waals surface area contributed by atoms with E-state index in [-0.39, 0.29) is 0 Å². The van der Waals surface area contributed by atoms with E-state index < -0.39 is 0 Å². The summed E-state index contributed by atoms with van der Waals surface area (Å²) in [6.45, 7) is 1.72. The molecule has 0 radical (unpaired) electrons. The van der Waals surface area contributed by atoms with E-state index >= 15 is 0 Å². The van der Waals surface area contributed by atoms with Gasteiger partial charge in [0.1, 0.15) is 0 Å². The second-order valence-electron chi connectivity index (χ2n) is 5.28. The highest BCUT2D eigenvalue weighted by Gasteiger charge is 2.25. The van der Waals surface area contributed by atoms with Crippen molar-refractivity contribution in [3.05, 3.63) is 67.0 Å². The Morgan fingerprint density at radius 1 is 0.952 bits per heavy atom. The number of epoxide rings is 1. The molecule has 1 fully saturated rings. The molecule has 1 saturated heterocycles. The Morgan fingerprint density at radius 2 is 1.57 bits per heavy atom. The summed E-state index contributed by atoms with van der Waals surface area (Å²) in [5, 5.41) is 0. The Balaban J connectivity index is 1.85. The quantitative estimate of drug-likeness (QED) is 0.681. The SMILES string of the molecule is c1ccc(-c2ncn(C[C@H]3CO3)c2-c2ccccc2)cc1. The molecule has 104 valence electrons. The van der Waals surface area contributed by atoms with Crippen molar-refractivity contribution in [1.29, 1.82) is 0 Å². The number of rotatable bonds is 4. The predicted octanol–water partition coefficient (Wildman–Crippen LogP) is 3.62. The molecule has 0 aliphatic carbocycles. The van der Waals surface area contributed by atoms with Gasteiger partial charge in [-0.1, -0.05) is 60.7 Å². The molecule has 1 aliphatic rings. The van der Waals surface area contributed by atoms with Crippen LogP contribution >= 0.6 is 0 Å². The van der Waals surface area contributed by atoms with Crippen LogP contribution in [0.3, 0.4) is 0 Å². The number of aromatic nitrogens is 2. The highest BCUT2D eigenvalue weighted by molar-refractivity contribution is 5.78. The lowest BCUT2D eigenvalue weighted by Crippen LogP contribution is -2.04. The van der Waals surface area contributed by atoms with Gasteiger partial charge in [0.05, 0.1) is 37.0 Å². The van der Waals surface area contributed by atoms with Crippen molar-refractivity contribution in [2.24, 2.45) is 0 Å². The maximum atomic E-state index is 5.37. The lowest BCUT2D eigenvalue weighted by atomic mass is 10.0. The van der Waals surface area contributed by atoms with Crippen LogP contribution in [-0.4, -0.2) is 22.3 Å². The van der Waals surface area contributed by atoms with Crippen LogP contribution < -0.4 is 0 Å². The fourth-order valence-corrected chi connectivity index (χ4v) is 2.62. The van der Waals surface area contributed by atoms with Crippen LogP contribution in [0.1, 0.15) is 0 Å². The van der Waals surface area contributed by atoms with E-state index in [1.165, 1.54) is 5.56 Å². The second kappa shape index (κ2) is 5.19. The summed E-state index contributed by atoms with van der Waals surface area (Å²) >= 11 is 0. The Labute approximate surface area is 123 Å². The summed E-state index contributed by atoms with van der Waals surface area (Å²) in [7, 11) is 0. The van der Waals surface area contributed by atoms with Crippen LogP contribution in [0.4, 0.5) is 0 Å². The first kappa shape index (κ1) is 12.4. The lowest BCUT2D eigenvalue weighted by Gasteiger charge is -2.09. The predicted molar refractivity (Wildman–Crippen MR) is 82.8 cm³/mol. The van der Waals surface area contributed by atoms with Gasteiger partial charge in [0.15, 0.2) is 0 Å². The smallest absolute Gasteiger partial charge is 0.0988 e. The van der Waals surface area contributed by atoms with E-state index in [0.717, 1.165) is 30.1 Å². The van der Waals surface area contributed by atoms with Crippen molar-refractivity contribution < 1.29 is 4.74 Å². The van der Waals surface area contributed by atoms with Gasteiger partial charge in [-0.2, -0.15) is 0 Å². The van der Waals surface area contributed by atoms with Crippen LogP contribution in [0, 0.1) is 0 Å². The minimum atomic E-state index is 0.338. The fraction of sp³-hybridized carbons (Fsp3) is 0.167. The van der Waals surface area contributed by atoms with Gasteiger partial charge >= 0.3 is 0 Å². The average Bonchev–Trinajstić information content (AvgIpc) is 3.26. The van der Waals surface area contributed by atoms with Crippen LogP contribution in [-0.2, 0) is 11.3 Å². The molecule has 1 aliphatic heterocycles. The largest absolute Gasteiger partial charge is 0.371 e. The van der Waals surface area contributed by atoms with Gasteiger partial charge in [0.2, 0.25) is 0 Å². The highest BCUT2D eigenvalue weighted by atomic mass is 16.6. The number of hydrogen-bond acceptors (Lipinski definition) is 2. The van der Waals surface area contributed by atoms with Gasteiger partial charge in [-0.25, -0.2) is 4.98 Å². The Kier molecular flexibility index (Phi) is 3.05. The van der Waals surface area contributed by atoms with Gasteiger partial charge in [-0.3, -0.25) is 0 Å². The molecule has 0 unspecified atom stereocenters. The van der Waals surface area contributed by atoms with Gasteiger partial charge < -0.3 is 9.30 Å². The zero-order valence-electron chi connectivity index (χ0n) is 11.6. The first-order valence-electron chi connectivity index (χ1n) is 7.19. The standard InChI is InChI=1S/C18H16N2O/c1-3-7-14(8-4-1)17-18(15-9-5-2-6-10-15)20(13-19-17)11-16-12-21-16/h1-10,13,16H,11-12H2/t16-/m0/s1. The molecule has 0 spiro atoms. The van der Waals surface area contributed by atoms with Gasteiger partial charge in [-0.05, 0) is 0 Å².